The second kappa shape index (κ2) is 7.63. The molecule has 14 heteroatoms. The lowest BCUT2D eigenvalue weighted by molar-refractivity contribution is -0.287. The van der Waals surface area contributed by atoms with Crippen molar-refractivity contribution < 1.29 is 43.5 Å². The maximum Gasteiger partial charge on any atom is 0.455 e. The zero-order valence-corrected chi connectivity index (χ0v) is 15.7. The van der Waals surface area contributed by atoms with Gasteiger partial charge in [0.2, 0.25) is 0 Å². The van der Waals surface area contributed by atoms with Crippen LogP contribution in [0.5, 0.6) is 0 Å². The van der Waals surface area contributed by atoms with E-state index in [2.05, 4.69) is 4.98 Å². The molecule has 0 saturated carbocycles. The van der Waals surface area contributed by atoms with Crippen LogP contribution in [0, 0.1) is 0 Å². The van der Waals surface area contributed by atoms with Crippen molar-refractivity contribution in [3.63, 3.8) is 0 Å². The first-order valence-electron chi connectivity index (χ1n) is 7.95. The van der Waals surface area contributed by atoms with Gasteiger partial charge in [-0.1, -0.05) is 13.0 Å². The molecule has 30 heavy (non-hydrogen) atoms. The summed E-state index contributed by atoms with van der Waals surface area (Å²) in [6, 6.07) is 2.04. The summed E-state index contributed by atoms with van der Waals surface area (Å²) in [7, 11) is -4.25. The summed E-state index contributed by atoms with van der Waals surface area (Å²) < 4.78 is 126. The first kappa shape index (κ1) is 23.8. The van der Waals surface area contributed by atoms with Crippen LogP contribution in [0.1, 0.15) is 12.5 Å². The van der Waals surface area contributed by atoms with E-state index in [1.165, 1.54) is 0 Å². The first-order valence-corrected chi connectivity index (χ1v) is 9.60. The molecule has 1 heterocycles. The maximum absolute atomic E-state index is 13.1. The summed E-state index contributed by atoms with van der Waals surface area (Å²) in [6.07, 6.45) is -10.5. The number of alkyl halides is 8. The second-order valence-corrected chi connectivity index (χ2v) is 8.30. The summed E-state index contributed by atoms with van der Waals surface area (Å²) >= 11 is 0. The zero-order valence-electron chi connectivity index (χ0n) is 14.9. The number of nitrogens with zero attached hydrogens (tertiary/aromatic N) is 2. The molecule has 0 atom stereocenters. The first-order chi connectivity index (χ1) is 13.5. The van der Waals surface area contributed by atoms with Gasteiger partial charge >= 0.3 is 18.3 Å². The van der Waals surface area contributed by atoms with E-state index in [4.69, 9.17) is 0 Å². The number of sulfone groups is 1. The molecule has 0 bridgehead atoms. The van der Waals surface area contributed by atoms with E-state index in [-0.39, 0.29) is 4.57 Å². The Labute approximate surface area is 163 Å². The van der Waals surface area contributed by atoms with Crippen molar-refractivity contribution in [3.05, 3.63) is 46.5 Å². The Morgan fingerprint density at radius 3 is 2.07 bits per heavy atom. The molecule has 0 aliphatic rings. The minimum Gasteiger partial charge on any atom is -0.293 e. The monoisotopic (exact) mass is 464 g/mol. The highest BCUT2D eigenvalue weighted by Gasteiger charge is 2.57. The van der Waals surface area contributed by atoms with Gasteiger partial charge in [0, 0.05) is 11.6 Å². The van der Waals surface area contributed by atoms with Gasteiger partial charge in [-0.15, -0.1) is 0 Å². The Bertz CT molecular complexity index is 1100. The Morgan fingerprint density at radius 2 is 1.60 bits per heavy atom. The van der Waals surface area contributed by atoms with Gasteiger partial charge in [-0.2, -0.15) is 35.1 Å². The van der Waals surface area contributed by atoms with Crippen molar-refractivity contribution in [3.8, 4) is 11.3 Å². The van der Waals surface area contributed by atoms with Crippen molar-refractivity contribution in [2.75, 3.05) is 5.75 Å². The summed E-state index contributed by atoms with van der Waals surface area (Å²) in [5.74, 6) is -5.85. The van der Waals surface area contributed by atoms with Crippen LogP contribution in [0.2, 0.25) is 0 Å². The fraction of sp³-hybridized carbons (Fsp3) is 0.375. The van der Waals surface area contributed by atoms with Gasteiger partial charge < -0.3 is 0 Å². The van der Waals surface area contributed by atoms with Crippen LogP contribution in [0.4, 0.5) is 35.1 Å². The molecule has 0 aliphatic carbocycles. The Morgan fingerprint density at radius 1 is 1.00 bits per heavy atom. The minimum atomic E-state index is -5.93. The van der Waals surface area contributed by atoms with E-state index in [0.29, 0.717) is 24.5 Å². The highest BCUT2D eigenvalue weighted by molar-refractivity contribution is 7.91. The predicted molar refractivity (Wildman–Crippen MR) is 87.7 cm³/mol. The zero-order chi connectivity index (χ0) is 23.1. The van der Waals surface area contributed by atoms with E-state index in [1.54, 1.807) is 0 Å². The van der Waals surface area contributed by atoms with Gasteiger partial charge in [0.15, 0.2) is 9.84 Å². The summed E-state index contributed by atoms with van der Waals surface area (Å²) in [6.45, 7) is -0.917. The second-order valence-electron chi connectivity index (χ2n) is 6.05. The molecule has 0 fully saturated rings. The molecule has 1 aromatic heterocycles. The molecular formula is C16H12F8N2O3S. The number of rotatable bonds is 5. The molecule has 0 amide bonds. The van der Waals surface area contributed by atoms with Gasteiger partial charge in [0.05, 0.1) is 28.2 Å². The maximum atomic E-state index is 13.1. The van der Waals surface area contributed by atoms with Crippen LogP contribution in [0.15, 0.2) is 40.3 Å². The highest BCUT2D eigenvalue weighted by atomic mass is 32.2. The lowest BCUT2D eigenvalue weighted by Crippen LogP contribution is -2.42. The van der Waals surface area contributed by atoms with Crippen molar-refractivity contribution in [1.29, 1.82) is 0 Å². The van der Waals surface area contributed by atoms with E-state index < -0.39 is 67.7 Å². The molecule has 0 N–H and O–H groups in total. The van der Waals surface area contributed by atoms with Crippen molar-refractivity contribution in [2.45, 2.75) is 36.6 Å². The molecular weight excluding hydrogens is 452 g/mol. The molecule has 1 aromatic carbocycles. The molecule has 0 radical (unpaired) electrons. The molecule has 2 rings (SSSR count). The average molecular weight is 464 g/mol. The summed E-state index contributed by atoms with van der Waals surface area (Å²) in [4.78, 5) is 14.6. The normalized spacial score (nSPS) is 13.5. The lowest BCUT2D eigenvalue weighted by atomic mass is 10.1. The van der Waals surface area contributed by atoms with Crippen LogP contribution in [0.25, 0.3) is 11.3 Å². The Hall–Kier alpha value is -2.51. The van der Waals surface area contributed by atoms with Gasteiger partial charge in [0.1, 0.15) is 6.54 Å². The molecule has 166 valence electrons. The molecule has 0 saturated heterocycles. The predicted octanol–water partition coefficient (Wildman–Crippen LogP) is 3.92. The number of benzene rings is 1. The molecule has 0 spiro atoms. The van der Waals surface area contributed by atoms with Gasteiger partial charge in [0.25, 0.3) is 5.56 Å². The number of hydrogen-bond donors (Lipinski definition) is 0. The average Bonchev–Trinajstić information content (AvgIpc) is 2.61. The molecule has 0 aliphatic heterocycles. The third kappa shape index (κ3) is 4.79. The number of hydrogen-bond acceptors (Lipinski definition) is 4. The smallest absolute Gasteiger partial charge is 0.293 e. The largest absolute Gasteiger partial charge is 0.455 e. The van der Waals surface area contributed by atoms with Crippen molar-refractivity contribution >= 4 is 9.84 Å². The molecule has 2 aromatic rings. The van der Waals surface area contributed by atoms with E-state index >= 15 is 0 Å². The topological polar surface area (TPSA) is 69.0 Å². The van der Waals surface area contributed by atoms with E-state index in [1.807, 2.05) is 0 Å². The van der Waals surface area contributed by atoms with Crippen LogP contribution < -0.4 is 5.56 Å². The SMILES string of the molecule is CCS(=O)(=O)c1cc(C(F)(F)F)ccc1-c1cc(=O)n(CC(F)(F)C(F)(F)F)cn1. The standard InChI is InChI=1S/C16H12F8N2O3S/c1-2-30(28,29)12-5-9(15(19,20)21)3-4-10(12)11-6-13(27)26(8-25-11)7-14(17,18)16(22,23)24/h3-6,8H,2,7H2,1H3. The summed E-state index contributed by atoms with van der Waals surface area (Å²) in [5, 5.41) is 0. The van der Waals surface area contributed by atoms with E-state index in [0.717, 1.165) is 13.0 Å². The fourth-order valence-corrected chi connectivity index (χ4v) is 3.44. The van der Waals surface area contributed by atoms with Crippen molar-refractivity contribution in [2.24, 2.45) is 0 Å². The summed E-state index contributed by atoms with van der Waals surface area (Å²) in [5.41, 5.74) is -3.62. The quantitative estimate of drug-likeness (QED) is 0.630. The molecule has 5 nitrogen and oxygen atoms in total. The van der Waals surface area contributed by atoms with Crippen LogP contribution in [0.3, 0.4) is 0 Å². The minimum absolute atomic E-state index is 0.0466. The van der Waals surface area contributed by atoms with Crippen LogP contribution >= 0.6 is 0 Å². The van der Waals surface area contributed by atoms with Gasteiger partial charge in [-0.25, -0.2) is 13.4 Å². The van der Waals surface area contributed by atoms with Crippen LogP contribution in [-0.4, -0.2) is 35.8 Å². The number of halogens is 8. The van der Waals surface area contributed by atoms with E-state index in [9.17, 15) is 48.3 Å². The van der Waals surface area contributed by atoms with Crippen molar-refractivity contribution in [1.82, 2.24) is 9.55 Å². The third-order valence-corrected chi connectivity index (χ3v) is 5.73. The van der Waals surface area contributed by atoms with Crippen LogP contribution in [-0.2, 0) is 22.6 Å². The van der Waals surface area contributed by atoms with Gasteiger partial charge in [-0.05, 0) is 12.1 Å². The fourth-order valence-electron chi connectivity index (χ4n) is 2.32. The lowest BCUT2D eigenvalue weighted by Gasteiger charge is -2.20. The van der Waals surface area contributed by atoms with Gasteiger partial charge in [-0.3, -0.25) is 9.36 Å². The number of aromatic nitrogens is 2. The third-order valence-electron chi connectivity index (χ3n) is 3.96. The molecule has 0 unspecified atom stereocenters. The highest BCUT2D eigenvalue weighted by Crippen LogP contribution is 2.37. The Kier molecular flexibility index (Phi) is 6.05. The Balaban J connectivity index is 2.60.